The number of hydrogen-bond donors (Lipinski definition) is 3. The molecule has 38 heavy (non-hydrogen) atoms. The number of nitriles is 1. The van der Waals surface area contributed by atoms with Gasteiger partial charge in [-0.05, 0) is 49.0 Å². The van der Waals surface area contributed by atoms with Crippen molar-refractivity contribution in [2.75, 3.05) is 11.9 Å². The fraction of sp³-hybridized carbons (Fsp3) is 0.321. The van der Waals surface area contributed by atoms with Gasteiger partial charge in [0.15, 0.2) is 17.3 Å². The summed E-state index contributed by atoms with van der Waals surface area (Å²) in [7, 11) is 0. The number of aliphatic carboxylic acids is 1. The fourth-order valence-corrected chi connectivity index (χ4v) is 6.51. The van der Waals surface area contributed by atoms with Crippen molar-refractivity contribution in [2.24, 2.45) is 23.7 Å². The second kappa shape index (κ2) is 9.69. The fourth-order valence-electron chi connectivity index (χ4n) is 6.38. The minimum Gasteiger partial charge on any atom is -0.481 e. The minimum absolute atomic E-state index is 0.0345. The maximum absolute atomic E-state index is 16.2. The Morgan fingerprint density at radius 3 is 2.63 bits per heavy atom. The second-order valence-electron chi connectivity index (χ2n) is 10.0. The number of carbonyl (C=O) groups is 1. The lowest BCUT2D eigenvalue weighted by Crippen LogP contribution is -2.46. The van der Waals surface area contributed by atoms with Crippen molar-refractivity contribution < 1.29 is 14.3 Å². The number of nitrogens with zero attached hydrogens (tertiary/aromatic N) is 4. The third kappa shape index (κ3) is 4.05. The van der Waals surface area contributed by atoms with Crippen LogP contribution in [0.15, 0.2) is 42.7 Å². The van der Waals surface area contributed by atoms with Crippen LogP contribution in [0.25, 0.3) is 33.5 Å². The molecule has 1 unspecified atom stereocenters. The third-order valence-electron chi connectivity index (χ3n) is 8.10. The maximum atomic E-state index is 16.2. The van der Waals surface area contributed by atoms with E-state index in [0.717, 1.165) is 25.7 Å². The van der Waals surface area contributed by atoms with Gasteiger partial charge in [-0.3, -0.25) is 4.79 Å². The van der Waals surface area contributed by atoms with Crippen molar-refractivity contribution in [1.29, 1.82) is 5.26 Å². The van der Waals surface area contributed by atoms with Crippen molar-refractivity contribution in [3.05, 3.63) is 59.3 Å². The van der Waals surface area contributed by atoms with Gasteiger partial charge in [0.2, 0.25) is 0 Å². The number of benzene rings is 1. The van der Waals surface area contributed by atoms with Crippen molar-refractivity contribution in [1.82, 2.24) is 19.9 Å². The molecule has 4 aromatic rings. The van der Waals surface area contributed by atoms with E-state index in [4.69, 9.17) is 11.6 Å². The number of carboxylic acids is 1. The van der Waals surface area contributed by atoms with E-state index in [-0.39, 0.29) is 52.1 Å². The van der Waals surface area contributed by atoms with Crippen LogP contribution >= 0.6 is 11.6 Å². The number of aromatic nitrogens is 4. The minimum atomic E-state index is -0.792. The number of hydrogen-bond acceptors (Lipinski definition) is 6. The molecule has 8 nitrogen and oxygen atoms in total. The summed E-state index contributed by atoms with van der Waals surface area (Å²) in [6.07, 6.45) is 6.86. The first-order valence-electron chi connectivity index (χ1n) is 12.6. The average Bonchev–Trinajstić information content (AvgIpc) is 3.35. The van der Waals surface area contributed by atoms with E-state index in [2.05, 4.69) is 31.3 Å². The number of carboxylic acid groups (broad SMARTS) is 1. The summed E-state index contributed by atoms with van der Waals surface area (Å²) in [5.74, 6) is -1.66. The Balaban J connectivity index is 1.48. The van der Waals surface area contributed by atoms with Crippen molar-refractivity contribution >= 4 is 34.6 Å². The van der Waals surface area contributed by atoms with Crippen molar-refractivity contribution in [3.63, 3.8) is 0 Å². The van der Waals surface area contributed by atoms with Gasteiger partial charge in [-0.15, -0.1) is 0 Å². The lowest BCUT2D eigenvalue weighted by Gasteiger charge is -2.46. The Hall–Kier alpha value is -4.03. The first-order chi connectivity index (χ1) is 18.5. The maximum Gasteiger partial charge on any atom is 0.307 e. The van der Waals surface area contributed by atoms with E-state index < -0.39 is 17.7 Å². The van der Waals surface area contributed by atoms with Gasteiger partial charge in [-0.2, -0.15) is 5.26 Å². The van der Waals surface area contributed by atoms with E-state index in [1.54, 1.807) is 30.5 Å². The summed E-state index contributed by atoms with van der Waals surface area (Å²) in [5.41, 5.74) is 2.26. The molecule has 1 aromatic carbocycles. The molecule has 2 bridgehead atoms. The average molecular weight is 531 g/mol. The molecular formula is C28H24ClFN6O2. The quantitative estimate of drug-likeness (QED) is 0.283. The van der Waals surface area contributed by atoms with E-state index >= 15 is 4.39 Å². The van der Waals surface area contributed by atoms with Crippen LogP contribution in [-0.4, -0.2) is 37.6 Å². The van der Waals surface area contributed by atoms with Gasteiger partial charge in [0.25, 0.3) is 0 Å². The molecule has 3 fully saturated rings. The van der Waals surface area contributed by atoms with Crippen LogP contribution in [0.2, 0.25) is 5.15 Å². The Kier molecular flexibility index (Phi) is 6.20. The standard InChI is InChI=1S/C28H24ClFN6O2/c29-20-13-34-27-25(35-20)19(12-33-27)24-17(10-31)21(15-4-2-1-3-5-15)23(30)26(36-24)32-11-18-14-6-8-16(9-7-14)22(18)28(37)38/h1-5,12-14,16,18,22H,6-9,11H2,(H,32,36)(H,33,34)(H,37,38)/t14?,16?,18?,22-/m1/s1. The molecule has 0 saturated heterocycles. The largest absolute Gasteiger partial charge is 0.481 e. The van der Waals surface area contributed by atoms with Gasteiger partial charge in [0.1, 0.15) is 16.7 Å². The van der Waals surface area contributed by atoms with Gasteiger partial charge in [-0.25, -0.2) is 19.3 Å². The molecule has 3 aromatic heterocycles. The van der Waals surface area contributed by atoms with Crippen LogP contribution in [0.5, 0.6) is 0 Å². The van der Waals surface area contributed by atoms with Crippen LogP contribution in [0.4, 0.5) is 10.2 Å². The molecule has 192 valence electrons. The molecule has 3 N–H and O–H groups in total. The summed E-state index contributed by atoms with van der Waals surface area (Å²) < 4.78 is 16.2. The van der Waals surface area contributed by atoms with Gasteiger partial charge >= 0.3 is 5.97 Å². The lowest BCUT2D eigenvalue weighted by atomic mass is 9.58. The number of pyridine rings is 1. The van der Waals surface area contributed by atoms with E-state index in [1.165, 1.54) is 6.20 Å². The van der Waals surface area contributed by atoms with Crippen molar-refractivity contribution in [3.8, 4) is 28.5 Å². The lowest BCUT2D eigenvalue weighted by molar-refractivity contribution is -0.151. The SMILES string of the molecule is N#Cc1c(-c2c[nH]c3ncc(Cl)nc23)nc(NCC2C3CCC(CC3)[C@H]2C(=O)O)c(F)c1-c1ccccc1. The molecule has 3 aliphatic rings. The highest BCUT2D eigenvalue weighted by Gasteiger charge is 2.47. The van der Waals surface area contributed by atoms with Gasteiger partial charge in [0.05, 0.1) is 23.4 Å². The van der Waals surface area contributed by atoms with Crippen LogP contribution in [0.3, 0.4) is 0 Å². The molecule has 3 heterocycles. The number of rotatable bonds is 6. The molecule has 0 amide bonds. The molecule has 3 saturated carbocycles. The number of aromatic amines is 1. The van der Waals surface area contributed by atoms with Crippen LogP contribution in [0, 0.1) is 40.8 Å². The second-order valence-corrected chi connectivity index (χ2v) is 10.4. The summed E-state index contributed by atoms with van der Waals surface area (Å²) in [5, 5.41) is 23.5. The number of nitrogens with one attached hydrogen (secondary N) is 2. The van der Waals surface area contributed by atoms with Crippen molar-refractivity contribution in [2.45, 2.75) is 25.7 Å². The number of halogens is 2. The summed E-state index contributed by atoms with van der Waals surface area (Å²) in [6.45, 7) is 0.279. The molecule has 3 aliphatic carbocycles. The topological polar surface area (TPSA) is 128 Å². The van der Waals surface area contributed by atoms with E-state index in [0.29, 0.717) is 22.3 Å². The molecule has 0 aliphatic heterocycles. The summed E-state index contributed by atoms with van der Waals surface area (Å²) >= 11 is 6.10. The Morgan fingerprint density at radius 1 is 1.18 bits per heavy atom. The van der Waals surface area contributed by atoms with E-state index in [1.807, 2.05) is 6.07 Å². The molecular weight excluding hydrogens is 507 g/mol. The molecule has 7 rings (SSSR count). The smallest absolute Gasteiger partial charge is 0.307 e. The highest BCUT2D eigenvalue weighted by atomic mass is 35.5. The van der Waals surface area contributed by atoms with Gasteiger partial charge in [-0.1, -0.05) is 41.9 Å². The number of fused-ring (bicyclic) bond motifs is 4. The Morgan fingerprint density at radius 2 is 1.92 bits per heavy atom. The summed E-state index contributed by atoms with van der Waals surface area (Å²) in [4.78, 5) is 28.3. The van der Waals surface area contributed by atoms with E-state index in [9.17, 15) is 15.2 Å². The summed E-state index contributed by atoms with van der Waals surface area (Å²) in [6, 6.07) is 11.0. The first kappa shape index (κ1) is 24.3. The van der Waals surface area contributed by atoms with Crippen LogP contribution < -0.4 is 5.32 Å². The highest BCUT2D eigenvalue weighted by molar-refractivity contribution is 6.29. The zero-order valence-electron chi connectivity index (χ0n) is 20.3. The molecule has 2 atom stereocenters. The zero-order chi connectivity index (χ0) is 26.4. The van der Waals surface area contributed by atoms with Crippen LogP contribution in [-0.2, 0) is 4.79 Å². The number of H-pyrrole nitrogens is 1. The number of anilines is 1. The zero-order valence-corrected chi connectivity index (χ0v) is 21.0. The monoisotopic (exact) mass is 530 g/mol. The molecule has 0 spiro atoms. The molecule has 10 heteroatoms. The predicted octanol–water partition coefficient (Wildman–Crippen LogP) is 5.90. The van der Waals surface area contributed by atoms with Crippen LogP contribution in [0.1, 0.15) is 31.2 Å². The normalized spacial score (nSPS) is 22.3. The first-order valence-corrected chi connectivity index (χ1v) is 13.0. The van der Waals surface area contributed by atoms with Gasteiger partial charge in [0, 0.05) is 23.9 Å². The predicted molar refractivity (Wildman–Crippen MR) is 141 cm³/mol. The Bertz CT molecular complexity index is 1580. The highest BCUT2D eigenvalue weighted by Crippen LogP contribution is 2.49. The third-order valence-corrected chi connectivity index (χ3v) is 8.28. The molecule has 0 radical (unpaired) electrons. The Labute approximate surface area is 222 Å². The van der Waals surface area contributed by atoms with Gasteiger partial charge < -0.3 is 15.4 Å².